The van der Waals surface area contributed by atoms with Gasteiger partial charge in [0.15, 0.2) is 5.65 Å². The highest BCUT2D eigenvalue weighted by Gasteiger charge is 2.25. The Morgan fingerprint density at radius 1 is 1.21 bits per heavy atom. The van der Waals surface area contributed by atoms with Gasteiger partial charge in [-0.25, -0.2) is 9.98 Å². The first-order chi connectivity index (χ1) is 16.5. The van der Waals surface area contributed by atoms with E-state index in [2.05, 4.69) is 38.8 Å². The molecule has 0 radical (unpaired) electrons. The Balaban J connectivity index is 1.72. The number of aliphatic imine (C=N–C) groups is 1. The Labute approximate surface area is 201 Å². The van der Waals surface area contributed by atoms with E-state index in [1.165, 1.54) is 11.1 Å². The molecule has 0 aliphatic carbocycles. The second-order valence-corrected chi connectivity index (χ2v) is 9.26. The van der Waals surface area contributed by atoms with E-state index in [0.717, 1.165) is 68.5 Å². The minimum Gasteiger partial charge on any atom is -0.374 e. The smallest absolute Gasteiger partial charge is 0.249 e. The van der Waals surface area contributed by atoms with Crippen molar-refractivity contribution < 1.29 is 4.79 Å². The Bertz CT molecular complexity index is 1090. The van der Waals surface area contributed by atoms with E-state index < -0.39 is 0 Å². The van der Waals surface area contributed by atoms with Crippen LogP contribution in [0.4, 0.5) is 5.95 Å². The first kappa shape index (κ1) is 24.1. The van der Waals surface area contributed by atoms with Crippen molar-refractivity contribution in [1.29, 1.82) is 0 Å². The fourth-order valence-corrected chi connectivity index (χ4v) is 4.62. The zero-order valence-corrected chi connectivity index (χ0v) is 20.6. The summed E-state index contributed by atoms with van der Waals surface area (Å²) in [5.74, 6) is 1.59. The lowest BCUT2D eigenvalue weighted by Gasteiger charge is -2.28. The maximum absolute atomic E-state index is 13.3. The molecule has 2 aliphatic heterocycles. The molecule has 9 heteroatoms. The van der Waals surface area contributed by atoms with Gasteiger partial charge in [0, 0.05) is 38.3 Å². The molecule has 0 saturated carbocycles. The van der Waals surface area contributed by atoms with Crippen LogP contribution in [0.5, 0.6) is 0 Å². The molecule has 0 aromatic carbocycles. The fraction of sp³-hybridized carbons (Fsp3) is 0.560. The molecule has 1 N–H and O–H groups in total. The minimum absolute atomic E-state index is 0.00180. The maximum Gasteiger partial charge on any atom is 0.249 e. The number of piperidine rings is 2. The third-order valence-electron chi connectivity index (χ3n) is 6.83. The van der Waals surface area contributed by atoms with E-state index in [1.54, 1.807) is 19.5 Å². The summed E-state index contributed by atoms with van der Waals surface area (Å²) in [4.78, 5) is 32.0. The second kappa shape index (κ2) is 10.9. The van der Waals surface area contributed by atoms with Crippen molar-refractivity contribution in [3.8, 4) is 0 Å². The zero-order valence-electron chi connectivity index (χ0n) is 20.6. The number of carbonyl (C=O) groups is 1. The molecule has 0 atom stereocenters. The molecular formula is C25H36N8O. The molecule has 0 amide bonds. The summed E-state index contributed by atoms with van der Waals surface area (Å²) in [5, 5.41) is 8.17. The highest BCUT2D eigenvalue weighted by molar-refractivity contribution is 6.14. The molecule has 2 saturated heterocycles. The van der Waals surface area contributed by atoms with Gasteiger partial charge in [-0.1, -0.05) is 12.7 Å². The summed E-state index contributed by atoms with van der Waals surface area (Å²) in [5.41, 5.74) is 2.15. The van der Waals surface area contributed by atoms with Gasteiger partial charge in [-0.05, 0) is 65.1 Å². The number of aromatic nitrogens is 4. The van der Waals surface area contributed by atoms with Crippen LogP contribution in [0.3, 0.4) is 0 Å². The van der Waals surface area contributed by atoms with Gasteiger partial charge in [0.05, 0.1) is 17.3 Å². The van der Waals surface area contributed by atoms with Crippen molar-refractivity contribution in [2.75, 3.05) is 45.2 Å². The first-order valence-corrected chi connectivity index (χ1v) is 12.3. The number of rotatable bonds is 7. The van der Waals surface area contributed by atoms with Crippen LogP contribution in [-0.4, -0.2) is 77.0 Å². The predicted octanol–water partition coefficient (Wildman–Crippen LogP) is 3.35. The van der Waals surface area contributed by atoms with Crippen LogP contribution >= 0.6 is 0 Å². The van der Waals surface area contributed by atoms with Crippen molar-refractivity contribution in [2.24, 2.45) is 10.9 Å². The molecule has 2 aromatic rings. The van der Waals surface area contributed by atoms with E-state index >= 15 is 0 Å². The van der Waals surface area contributed by atoms with E-state index in [9.17, 15) is 4.79 Å². The third-order valence-corrected chi connectivity index (χ3v) is 6.83. The van der Waals surface area contributed by atoms with Crippen LogP contribution in [0.1, 0.15) is 55.9 Å². The number of likely N-dealkylation sites (tertiary alicyclic amines) is 1. The highest BCUT2D eigenvalue weighted by atomic mass is 16.2. The second-order valence-electron chi connectivity index (χ2n) is 9.26. The van der Waals surface area contributed by atoms with Gasteiger partial charge < -0.3 is 15.1 Å². The molecule has 0 spiro atoms. The van der Waals surface area contributed by atoms with Crippen LogP contribution < -0.4 is 10.2 Å². The lowest BCUT2D eigenvalue weighted by atomic mass is 9.93. The van der Waals surface area contributed by atoms with E-state index in [1.807, 2.05) is 13.0 Å². The SMILES string of the molecule is C=C(/N=C\C(=C/C)c1nc(N2CCCCC2)nc2c1cnn2C(=O)CC1CCN(C)CC1)NC. The summed E-state index contributed by atoms with van der Waals surface area (Å²) in [6.07, 6.45) is 11.4. The summed E-state index contributed by atoms with van der Waals surface area (Å²) in [7, 11) is 3.92. The van der Waals surface area contributed by atoms with Gasteiger partial charge in [0.2, 0.25) is 11.9 Å². The van der Waals surface area contributed by atoms with Gasteiger partial charge in [0.25, 0.3) is 0 Å². The van der Waals surface area contributed by atoms with Crippen molar-refractivity contribution in [3.63, 3.8) is 0 Å². The van der Waals surface area contributed by atoms with Crippen LogP contribution in [0.15, 0.2) is 29.7 Å². The zero-order chi connectivity index (χ0) is 24.1. The molecule has 34 heavy (non-hydrogen) atoms. The molecule has 4 heterocycles. The van der Waals surface area contributed by atoms with Crippen molar-refractivity contribution in [3.05, 3.63) is 30.4 Å². The molecule has 2 fully saturated rings. The molecular weight excluding hydrogens is 428 g/mol. The highest BCUT2D eigenvalue weighted by Crippen LogP contribution is 2.27. The number of fused-ring (bicyclic) bond motifs is 1. The van der Waals surface area contributed by atoms with Crippen LogP contribution in [0, 0.1) is 5.92 Å². The summed E-state index contributed by atoms with van der Waals surface area (Å²) >= 11 is 0. The number of carbonyl (C=O) groups excluding carboxylic acids is 1. The molecule has 182 valence electrons. The van der Waals surface area contributed by atoms with E-state index in [4.69, 9.17) is 9.97 Å². The van der Waals surface area contributed by atoms with Gasteiger partial charge in [-0.3, -0.25) is 4.79 Å². The lowest BCUT2D eigenvalue weighted by Crippen LogP contribution is -2.32. The van der Waals surface area contributed by atoms with Gasteiger partial charge in [-0.2, -0.15) is 14.8 Å². The van der Waals surface area contributed by atoms with Crippen LogP contribution in [0.2, 0.25) is 0 Å². The van der Waals surface area contributed by atoms with Crippen LogP contribution in [-0.2, 0) is 0 Å². The molecule has 0 bridgehead atoms. The maximum atomic E-state index is 13.3. The van der Waals surface area contributed by atoms with E-state index in [-0.39, 0.29) is 5.91 Å². The molecule has 2 aromatic heterocycles. The average Bonchev–Trinajstić information content (AvgIpc) is 3.30. The molecule has 4 rings (SSSR count). The number of anilines is 1. The number of allylic oxidation sites excluding steroid dienone is 2. The number of nitrogens with zero attached hydrogens (tertiary/aromatic N) is 7. The standard InChI is InChI=1S/C25H36N8O/c1-5-20(16-27-18(2)26-3)23-21-17-28-33(22(34)15-19-9-13-31(4)14-10-19)24(21)30-25(29-23)32-11-7-6-8-12-32/h5,16-17,19,26H,2,6-15H2,1,3-4H3/b20-5+,27-16-. The van der Waals surface area contributed by atoms with Gasteiger partial charge in [-0.15, -0.1) is 0 Å². The molecule has 9 nitrogen and oxygen atoms in total. The Hall–Kier alpha value is -3.07. The van der Waals surface area contributed by atoms with Crippen molar-refractivity contribution in [2.45, 2.75) is 45.4 Å². The average molecular weight is 465 g/mol. The van der Waals surface area contributed by atoms with E-state index in [0.29, 0.717) is 29.8 Å². The predicted molar refractivity (Wildman–Crippen MR) is 137 cm³/mol. The third kappa shape index (κ3) is 5.35. The van der Waals surface area contributed by atoms with Gasteiger partial charge >= 0.3 is 0 Å². The fourth-order valence-electron chi connectivity index (χ4n) is 4.62. The summed E-state index contributed by atoms with van der Waals surface area (Å²) in [6, 6.07) is 0. The van der Waals surface area contributed by atoms with Crippen molar-refractivity contribution in [1.82, 2.24) is 30.0 Å². The number of hydrogen-bond donors (Lipinski definition) is 1. The number of hydrogen-bond acceptors (Lipinski definition) is 8. The molecule has 2 aliphatic rings. The minimum atomic E-state index is -0.00180. The normalized spacial score (nSPS) is 18.7. The Morgan fingerprint density at radius 2 is 1.94 bits per heavy atom. The van der Waals surface area contributed by atoms with Gasteiger partial charge in [0.1, 0.15) is 5.82 Å². The summed E-state index contributed by atoms with van der Waals surface area (Å²) in [6.45, 7) is 9.72. The Kier molecular flexibility index (Phi) is 7.72. The Morgan fingerprint density at radius 3 is 2.62 bits per heavy atom. The molecule has 0 unspecified atom stereocenters. The first-order valence-electron chi connectivity index (χ1n) is 12.3. The van der Waals surface area contributed by atoms with Crippen molar-refractivity contribution >= 4 is 34.7 Å². The van der Waals surface area contributed by atoms with Crippen LogP contribution in [0.25, 0.3) is 16.6 Å². The summed E-state index contributed by atoms with van der Waals surface area (Å²) < 4.78 is 1.49. The number of nitrogens with one attached hydrogen (secondary N) is 1. The quantitative estimate of drug-likeness (QED) is 0.628. The largest absolute Gasteiger partial charge is 0.374 e. The monoisotopic (exact) mass is 464 g/mol. The topological polar surface area (TPSA) is 91.5 Å². The lowest BCUT2D eigenvalue weighted by molar-refractivity contribution is 0.0843.